The fourth-order valence-corrected chi connectivity index (χ4v) is 3.22. The molecule has 27 heavy (non-hydrogen) atoms. The number of hydrogen-bond donors (Lipinski definition) is 2. The van der Waals surface area contributed by atoms with Gasteiger partial charge >= 0.3 is 0 Å². The molecule has 5 nitrogen and oxygen atoms in total. The highest BCUT2D eigenvalue weighted by molar-refractivity contribution is 7.71. The maximum atomic E-state index is 12.2. The molecule has 1 aromatic heterocycles. The normalized spacial score (nSPS) is 10.8. The standard InChI is InChI=1S/C21H23N3O2S/c1-14(2)19-8-7-18(11-15(19)3)26-13-20(25)23-16-5-4-6-17(12-16)24-10-9-22-21(24)27/h4-12,14H,13H2,1-3H3,(H,22,27)(H,23,25). The van der Waals surface area contributed by atoms with E-state index in [1.54, 1.807) is 6.20 Å². The van der Waals surface area contributed by atoms with Crippen LogP contribution in [0.1, 0.15) is 30.9 Å². The minimum absolute atomic E-state index is 0.0473. The van der Waals surface area contributed by atoms with Crippen molar-refractivity contribution in [3.63, 3.8) is 0 Å². The van der Waals surface area contributed by atoms with E-state index in [0.717, 1.165) is 5.69 Å². The first-order valence-electron chi connectivity index (χ1n) is 8.83. The van der Waals surface area contributed by atoms with Crippen LogP contribution in [0.3, 0.4) is 0 Å². The van der Waals surface area contributed by atoms with Crippen molar-refractivity contribution >= 4 is 23.8 Å². The van der Waals surface area contributed by atoms with Gasteiger partial charge in [0.15, 0.2) is 11.4 Å². The number of benzene rings is 2. The zero-order chi connectivity index (χ0) is 19.4. The van der Waals surface area contributed by atoms with E-state index in [-0.39, 0.29) is 12.5 Å². The smallest absolute Gasteiger partial charge is 0.262 e. The Morgan fingerprint density at radius 3 is 2.74 bits per heavy atom. The number of H-pyrrole nitrogens is 1. The zero-order valence-electron chi connectivity index (χ0n) is 15.7. The lowest BCUT2D eigenvalue weighted by molar-refractivity contribution is -0.118. The van der Waals surface area contributed by atoms with Crippen molar-refractivity contribution in [2.45, 2.75) is 26.7 Å². The number of anilines is 1. The van der Waals surface area contributed by atoms with Gasteiger partial charge in [-0.25, -0.2) is 0 Å². The van der Waals surface area contributed by atoms with Crippen LogP contribution in [-0.4, -0.2) is 22.1 Å². The Hall–Kier alpha value is -2.86. The van der Waals surface area contributed by atoms with E-state index < -0.39 is 0 Å². The number of ether oxygens (including phenoxy) is 1. The molecule has 0 unspecified atom stereocenters. The van der Waals surface area contributed by atoms with Gasteiger partial charge in [0.1, 0.15) is 5.75 Å². The van der Waals surface area contributed by atoms with Gasteiger partial charge < -0.3 is 15.0 Å². The highest BCUT2D eigenvalue weighted by Gasteiger charge is 2.08. The van der Waals surface area contributed by atoms with Crippen molar-refractivity contribution in [3.8, 4) is 11.4 Å². The van der Waals surface area contributed by atoms with E-state index >= 15 is 0 Å². The third-order valence-corrected chi connectivity index (χ3v) is 4.61. The molecule has 1 heterocycles. The average Bonchev–Trinajstić information content (AvgIpc) is 3.06. The summed E-state index contributed by atoms with van der Waals surface area (Å²) in [7, 11) is 0. The number of aromatic nitrogens is 2. The predicted octanol–water partition coefficient (Wildman–Crippen LogP) is 4.98. The number of imidazole rings is 1. The van der Waals surface area contributed by atoms with E-state index in [2.05, 4.69) is 37.1 Å². The van der Waals surface area contributed by atoms with Gasteiger partial charge in [-0.3, -0.25) is 9.36 Å². The van der Waals surface area contributed by atoms with E-state index in [1.165, 1.54) is 11.1 Å². The zero-order valence-corrected chi connectivity index (χ0v) is 16.5. The Bertz CT molecular complexity index is 1000. The minimum Gasteiger partial charge on any atom is -0.484 e. The Morgan fingerprint density at radius 2 is 2.07 bits per heavy atom. The fraction of sp³-hybridized carbons (Fsp3) is 0.238. The van der Waals surface area contributed by atoms with Gasteiger partial charge in [0.25, 0.3) is 5.91 Å². The Kier molecular flexibility index (Phi) is 5.76. The van der Waals surface area contributed by atoms with Crippen molar-refractivity contribution < 1.29 is 9.53 Å². The van der Waals surface area contributed by atoms with Gasteiger partial charge in [0.05, 0.1) is 0 Å². The second-order valence-corrected chi connectivity index (χ2v) is 7.08. The van der Waals surface area contributed by atoms with Crippen LogP contribution in [0.5, 0.6) is 5.75 Å². The third kappa shape index (κ3) is 4.65. The lowest BCUT2D eigenvalue weighted by Gasteiger charge is -2.13. The number of rotatable bonds is 6. The van der Waals surface area contributed by atoms with E-state index in [4.69, 9.17) is 17.0 Å². The van der Waals surface area contributed by atoms with E-state index in [9.17, 15) is 4.79 Å². The number of aromatic amines is 1. The molecule has 3 aromatic rings. The first-order valence-corrected chi connectivity index (χ1v) is 9.24. The van der Waals surface area contributed by atoms with Crippen molar-refractivity contribution in [1.29, 1.82) is 0 Å². The molecule has 0 aliphatic carbocycles. The number of carbonyl (C=O) groups is 1. The summed E-state index contributed by atoms with van der Waals surface area (Å²) in [6, 6.07) is 13.4. The number of nitrogens with zero attached hydrogens (tertiary/aromatic N) is 1. The Balaban J connectivity index is 1.62. The Labute approximate surface area is 164 Å². The van der Waals surface area contributed by atoms with Crippen molar-refractivity contribution in [2.24, 2.45) is 0 Å². The van der Waals surface area contributed by atoms with Gasteiger partial charge in [-0.05, 0) is 66.5 Å². The third-order valence-electron chi connectivity index (χ3n) is 4.29. The Morgan fingerprint density at radius 1 is 1.26 bits per heavy atom. The number of amides is 1. The van der Waals surface area contributed by atoms with E-state index in [1.807, 2.05) is 47.2 Å². The predicted molar refractivity (Wildman–Crippen MR) is 110 cm³/mol. The maximum Gasteiger partial charge on any atom is 0.262 e. The molecule has 0 bridgehead atoms. The second-order valence-electron chi connectivity index (χ2n) is 6.70. The summed E-state index contributed by atoms with van der Waals surface area (Å²) in [4.78, 5) is 15.2. The summed E-state index contributed by atoms with van der Waals surface area (Å²) in [5.74, 6) is 0.943. The van der Waals surface area contributed by atoms with Crippen molar-refractivity contribution in [2.75, 3.05) is 11.9 Å². The highest BCUT2D eigenvalue weighted by Crippen LogP contribution is 2.23. The van der Waals surface area contributed by atoms with Crippen LogP contribution in [0.25, 0.3) is 5.69 Å². The van der Waals surface area contributed by atoms with Crippen LogP contribution in [0.2, 0.25) is 0 Å². The molecule has 140 valence electrons. The first-order chi connectivity index (χ1) is 12.9. The minimum atomic E-state index is -0.213. The summed E-state index contributed by atoms with van der Waals surface area (Å²) in [6.45, 7) is 6.32. The largest absolute Gasteiger partial charge is 0.484 e. The van der Waals surface area contributed by atoms with Gasteiger partial charge in [-0.2, -0.15) is 0 Å². The highest BCUT2D eigenvalue weighted by atomic mass is 32.1. The molecular weight excluding hydrogens is 358 g/mol. The van der Waals surface area contributed by atoms with Crippen LogP contribution < -0.4 is 10.1 Å². The van der Waals surface area contributed by atoms with Gasteiger partial charge in [-0.1, -0.05) is 26.0 Å². The molecule has 0 radical (unpaired) electrons. The van der Waals surface area contributed by atoms with Gasteiger partial charge in [-0.15, -0.1) is 0 Å². The maximum absolute atomic E-state index is 12.2. The first kappa shape index (κ1) is 18.9. The lowest BCUT2D eigenvalue weighted by atomic mass is 9.98. The molecular formula is C21H23N3O2S. The summed E-state index contributed by atoms with van der Waals surface area (Å²) in [6.07, 6.45) is 3.61. The summed E-state index contributed by atoms with van der Waals surface area (Å²) in [5, 5.41) is 2.86. The average molecular weight is 382 g/mol. The summed E-state index contributed by atoms with van der Waals surface area (Å²) >= 11 is 5.23. The second kappa shape index (κ2) is 8.22. The monoisotopic (exact) mass is 381 g/mol. The SMILES string of the molecule is Cc1cc(OCC(=O)Nc2cccc(-n3cc[nH]c3=S)c2)ccc1C(C)C. The quantitative estimate of drug-likeness (QED) is 0.592. The van der Waals surface area contributed by atoms with Crippen LogP contribution in [-0.2, 0) is 4.79 Å². The summed E-state index contributed by atoms with van der Waals surface area (Å²) in [5.41, 5.74) is 4.02. The number of carbonyl (C=O) groups excluding carboxylic acids is 1. The number of nitrogens with one attached hydrogen (secondary N) is 2. The van der Waals surface area contributed by atoms with Crippen molar-refractivity contribution in [1.82, 2.24) is 9.55 Å². The number of hydrogen-bond acceptors (Lipinski definition) is 3. The number of aryl methyl sites for hydroxylation is 1. The molecule has 0 saturated carbocycles. The van der Waals surface area contributed by atoms with Crippen LogP contribution in [0.15, 0.2) is 54.9 Å². The van der Waals surface area contributed by atoms with E-state index in [0.29, 0.717) is 22.1 Å². The summed E-state index contributed by atoms with van der Waals surface area (Å²) < 4.78 is 8.07. The molecule has 0 spiro atoms. The van der Waals surface area contributed by atoms with Crippen LogP contribution in [0.4, 0.5) is 5.69 Å². The van der Waals surface area contributed by atoms with Gasteiger partial charge in [0.2, 0.25) is 0 Å². The fourth-order valence-electron chi connectivity index (χ4n) is 2.99. The lowest BCUT2D eigenvalue weighted by Crippen LogP contribution is -2.20. The van der Waals surface area contributed by atoms with Gasteiger partial charge in [0, 0.05) is 23.8 Å². The molecule has 3 rings (SSSR count). The molecule has 2 aromatic carbocycles. The molecule has 6 heteroatoms. The van der Waals surface area contributed by atoms with Crippen LogP contribution in [0, 0.1) is 11.7 Å². The molecule has 0 fully saturated rings. The van der Waals surface area contributed by atoms with Crippen LogP contribution >= 0.6 is 12.2 Å². The van der Waals surface area contributed by atoms with Crippen molar-refractivity contribution in [3.05, 3.63) is 70.8 Å². The molecule has 2 N–H and O–H groups in total. The molecule has 0 atom stereocenters. The molecule has 0 saturated heterocycles. The molecule has 0 aliphatic rings. The topological polar surface area (TPSA) is 59.0 Å². The molecule has 0 aliphatic heterocycles. The molecule has 1 amide bonds.